The minimum absolute atomic E-state index is 0.158. The van der Waals surface area contributed by atoms with Gasteiger partial charge in [0.05, 0.1) is 0 Å². The lowest BCUT2D eigenvalue weighted by Crippen LogP contribution is -2.12. The third-order valence-corrected chi connectivity index (χ3v) is 1.95. The maximum atomic E-state index is 11.7. The summed E-state index contributed by atoms with van der Waals surface area (Å²) in [6.45, 7) is 0. The summed E-state index contributed by atoms with van der Waals surface area (Å²) in [5.74, 6) is 0.110. The molecule has 0 aliphatic heterocycles. The summed E-state index contributed by atoms with van der Waals surface area (Å²) in [7, 11) is 0. The van der Waals surface area contributed by atoms with Crippen LogP contribution >= 0.6 is 11.6 Å². The molecule has 16 heavy (non-hydrogen) atoms. The molecule has 7 heteroatoms. The van der Waals surface area contributed by atoms with Crippen molar-refractivity contribution in [1.82, 2.24) is 10.1 Å². The molecule has 2 aromatic rings. The number of rotatable bonds is 2. The first kappa shape index (κ1) is 10.4. The van der Waals surface area contributed by atoms with Crippen LogP contribution in [-0.2, 0) is 0 Å². The Labute approximate surface area is 95.4 Å². The highest BCUT2D eigenvalue weighted by Crippen LogP contribution is 2.13. The standard InChI is InChI=1S/C9H7ClN4O2/c10-6-3-5(4-7(11)12-6)9(15)13-8-1-2-16-14-8/h1-4H,(H2,11,12)(H,13,14,15). The molecule has 0 aromatic carbocycles. The largest absolute Gasteiger partial charge is 0.384 e. The van der Waals surface area contributed by atoms with Crippen molar-refractivity contribution in [2.24, 2.45) is 0 Å². The Kier molecular flexibility index (Phi) is 2.74. The number of hydrogen-bond donors (Lipinski definition) is 2. The lowest BCUT2D eigenvalue weighted by atomic mass is 10.2. The van der Waals surface area contributed by atoms with E-state index in [2.05, 4.69) is 20.0 Å². The van der Waals surface area contributed by atoms with Crippen LogP contribution in [0.3, 0.4) is 0 Å². The van der Waals surface area contributed by atoms with Crippen LogP contribution in [0.1, 0.15) is 10.4 Å². The van der Waals surface area contributed by atoms with Crippen molar-refractivity contribution in [3.8, 4) is 0 Å². The van der Waals surface area contributed by atoms with Crippen LogP contribution < -0.4 is 11.1 Å². The molecule has 0 aliphatic carbocycles. The fourth-order valence-corrected chi connectivity index (χ4v) is 1.33. The predicted molar refractivity (Wildman–Crippen MR) is 58.1 cm³/mol. The van der Waals surface area contributed by atoms with Crippen molar-refractivity contribution in [2.45, 2.75) is 0 Å². The molecule has 0 unspecified atom stereocenters. The zero-order valence-corrected chi connectivity index (χ0v) is 8.73. The van der Waals surface area contributed by atoms with Gasteiger partial charge in [-0.25, -0.2) is 4.98 Å². The summed E-state index contributed by atoms with van der Waals surface area (Å²) in [4.78, 5) is 15.4. The first-order valence-corrected chi connectivity index (χ1v) is 4.68. The number of nitrogen functional groups attached to an aromatic ring is 1. The second kappa shape index (κ2) is 4.19. The number of nitrogens with one attached hydrogen (secondary N) is 1. The molecule has 0 saturated carbocycles. The number of pyridine rings is 1. The van der Waals surface area contributed by atoms with Crippen molar-refractivity contribution in [3.63, 3.8) is 0 Å². The summed E-state index contributed by atoms with van der Waals surface area (Å²) in [5, 5.41) is 6.20. The highest BCUT2D eigenvalue weighted by Gasteiger charge is 2.09. The maximum absolute atomic E-state index is 11.7. The van der Waals surface area contributed by atoms with Gasteiger partial charge in [-0.2, -0.15) is 0 Å². The summed E-state index contributed by atoms with van der Waals surface area (Å²) < 4.78 is 4.57. The van der Waals surface area contributed by atoms with Gasteiger partial charge in [0, 0.05) is 11.6 Å². The number of carbonyl (C=O) groups excluding carboxylic acids is 1. The molecular formula is C9H7ClN4O2. The van der Waals surface area contributed by atoms with Gasteiger partial charge in [0.25, 0.3) is 5.91 Å². The highest BCUT2D eigenvalue weighted by atomic mass is 35.5. The van der Waals surface area contributed by atoms with Gasteiger partial charge in [-0.05, 0) is 12.1 Å². The second-order valence-electron chi connectivity index (χ2n) is 2.94. The summed E-state index contributed by atoms with van der Waals surface area (Å²) in [6.07, 6.45) is 1.35. The van der Waals surface area contributed by atoms with Crippen LogP contribution in [0.5, 0.6) is 0 Å². The van der Waals surface area contributed by atoms with E-state index >= 15 is 0 Å². The molecule has 2 rings (SSSR count). The van der Waals surface area contributed by atoms with Crippen LogP contribution in [0.4, 0.5) is 11.6 Å². The Morgan fingerprint density at radius 3 is 2.94 bits per heavy atom. The van der Waals surface area contributed by atoms with E-state index in [0.717, 1.165) is 0 Å². The Bertz CT molecular complexity index is 492. The van der Waals surface area contributed by atoms with Crippen molar-refractivity contribution in [3.05, 3.63) is 35.2 Å². The molecule has 0 atom stereocenters. The van der Waals surface area contributed by atoms with Crippen LogP contribution in [0.25, 0.3) is 0 Å². The molecule has 0 saturated heterocycles. The molecule has 0 radical (unpaired) electrons. The van der Waals surface area contributed by atoms with Crippen LogP contribution in [0.15, 0.2) is 29.0 Å². The van der Waals surface area contributed by atoms with Crippen molar-refractivity contribution in [1.29, 1.82) is 0 Å². The van der Waals surface area contributed by atoms with E-state index in [1.165, 1.54) is 24.5 Å². The van der Waals surface area contributed by atoms with E-state index in [0.29, 0.717) is 11.4 Å². The molecule has 0 bridgehead atoms. The monoisotopic (exact) mass is 238 g/mol. The summed E-state index contributed by atoms with van der Waals surface area (Å²) >= 11 is 5.67. The van der Waals surface area contributed by atoms with Gasteiger partial charge in [0.1, 0.15) is 17.2 Å². The number of aromatic nitrogens is 2. The fourth-order valence-electron chi connectivity index (χ4n) is 1.11. The third-order valence-electron chi connectivity index (χ3n) is 1.76. The van der Waals surface area contributed by atoms with E-state index in [-0.39, 0.29) is 16.9 Å². The van der Waals surface area contributed by atoms with E-state index in [1.807, 2.05) is 0 Å². The maximum Gasteiger partial charge on any atom is 0.257 e. The topological polar surface area (TPSA) is 94.0 Å². The number of nitrogens with two attached hydrogens (primary N) is 1. The number of hydrogen-bond acceptors (Lipinski definition) is 5. The van der Waals surface area contributed by atoms with E-state index in [1.54, 1.807) is 0 Å². The van der Waals surface area contributed by atoms with Crippen molar-refractivity contribution >= 4 is 29.1 Å². The van der Waals surface area contributed by atoms with E-state index in [4.69, 9.17) is 17.3 Å². The number of amides is 1. The van der Waals surface area contributed by atoms with Gasteiger partial charge in [0.15, 0.2) is 5.82 Å². The van der Waals surface area contributed by atoms with Crippen molar-refractivity contribution in [2.75, 3.05) is 11.1 Å². The summed E-state index contributed by atoms with van der Waals surface area (Å²) in [6, 6.07) is 4.35. The molecule has 2 heterocycles. The lowest BCUT2D eigenvalue weighted by Gasteiger charge is -2.02. The SMILES string of the molecule is Nc1cc(C(=O)Nc2ccon2)cc(Cl)n1. The van der Waals surface area contributed by atoms with Gasteiger partial charge in [-0.1, -0.05) is 16.8 Å². The molecule has 82 valence electrons. The van der Waals surface area contributed by atoms with Crippen LogP contribution in [0.2, 0.25) is 5.15 Å². The van der Waals surface area contributed by atoms with Gasteiger partial charge in [-0.15, -0.1) is 0 Å². The summed E-state index contributed by atoms with van der Waals surface area (Å²) in [5.41, 5.74) is 5.77. The van der Waals surface area contributed by atoms with E-state index < -0.39 is 0 Å². The highest BCUT2D eigenvalue weighted by molar-refractivity contribution is 6.30. The molecule has 2 aromatic heterocycles. The zero-order valence-electron chi connectivity index (χ0n) is 7.98. The molecule has 0 fully saturated rings. The first-order valence-electron chi connectivity index (χ1n) is 4.30. The Hall–Kier alpha value is -2.08. The Morgan fingerprint density at radius 2 is 2.31 bits per heavy atom. The number of nitrogens with zero attached hydrogens (tertiary/aromatic N) is 2. The van der Waals surface area contributed by atoms with Gasteiger partial charge < -0.3 is 15.6 Å². The zero-order chi connectivity index (χ0) is 11.5. The molecule has 0 aliphatic rings. The number of halogens is 1. The minimum Gasteiger partial charge on any atom is -0.384 e. The second-order valence-corrected chi connectivity index (χ2v) is 3.33. The van der Waals surface area contributed by atoms with Crippen molar-refractivity contribution < 1.29 is 9.32 Å². The smallest absolute Gasteiger partial charge is 0.257 e. The minimum atomic E-state index is -0.384. The molecular weight excluding hydrogens is 232 g/mol. The number of anilines is 2. The first-order chi connectivity index (χ1) is 7.65. The Balaban J connectivity index is 2.21. The lowest BCUT2D eigenvalue weighted by molar-refractivity contribution is 0.102. The predicted octanol–water partition coefficient (Wildman–Crippen LogP) is 1.56. The number of carbonyl (C=O) groups is 1. The Morgan fingerprint density at radius 1 is 1.50 bits per heavy atom. The average molecular weight is 239 g/mol. The van der Waals surface area contributed by atoms with E-state index in [9.17, 15) is 4.79 Å². The molecule has 1 amide bonds. The van der Waals surface area contributed by atoms with Crippen LogP contribution in [0, 0.1) is 0 Å². The average Bonchev–Trinajstić information content (AvgIpc) is 2.68. The third kappa shape index (κ3) is 2.29. The quantitative estimate of drug-likeness (QED) is 0.775. The van der Waals surface area contributed by atoms with Gasteiger partial charge in [0.2, 0.25) is 0 Å². The normalized spacial score (nSPS) is 10.1. The molecule has 0 spiro atoms. The van der Waals surface area contributed by atoms with Gasteiger partial charge in [-0.3, -0.25) is 4.79 Å². The van der Waals surface area contributed by atoms with Gasteiger partial charge >= 0.3 is 0 Å². The van der Waals surface area contributed by atoms with Crippen LogP contribution in [-0.4, -0.2) is 16.0 Å². The molecule has 3 N–H and O–H groups in total. The molecule has 6 nitrogen and oxygen atoms in total. The fraction of sp³-hybridized carbons (Fsp3) is 0.